The molecule has 0 bridgehead atoms. The SMILES string of the molecule is c1ccc2c(-c3c4ccccc4c(-c4cccc5ccccc45)c4ccccc34)cccc2c1.c1ccc2cc3ccccc3cc2c1. The predicted octanol–water partition coefficient (Wildman–Crippen LogP) is 13.6. The first-order valence-electron chi connectivity index (χ1n) is 16.6. The van der Waals surface area contributed by atoms with Gasteiger partial charge in [-0.3, -0.25) is 0 Å². The number of fused-ring (bicyclic) bond motifs is 6. The van der Waals surface area contributed by atoms with Gasteiger partial charge in [0.2, 0.25) is 0 Å². The summed E-state index contributed by atoms with van der Waals surface area (Å²) in [5.41, 5.74) is 5.20. The van der Waals surface area contributed by atoms with Crippen molar-refractivity contribution in [3.8, 4) is 22.3 Å². The van der Waals surface area contributed by atoms with Gasteiger partial charge in [0, 0.05) is 0 Å². The van der Waals surface area contributed by atoms with Gasteiger partial charge in [-0.15, -0.1) is 0 Å². The van der Waals surface area contributed by atoms with Crippen LogP contribution in [-0.4, -0.2) is 0 Å². The maximum absolute atomic E-state index is 2.29. The minimum absolute atomic E-state index is 1.27. The first-order valence-corrected chi connectivity index (χ1v) is 16.6. The maximum Gasteiger partial charge on any atom is -0.00201 e. The predicted molar refractivity (Wildman–Crippen MR) is 209 cm³/mol. The lowest BCUT2D eigenvalue weighted by atomic mass is 9.84. The molecule has 224 valence electrons. The lowest BCUT2D eigenvalue weighted by Crippen LogP contribution is -1.92. The van der Waals surface area contributed by atoms with E-state index in [-0.39, 0.29) is 0 Å². The minimum atomic E-state index is 1.27. The Morgan fingerprint density at radius 3 is 0.771 bits per heavy atom. The van der Waals surface area contributed by atoms with Crippen LogP contribution >= 0.6 is 0 Å². The molecule has 0 heteroatoms. The van der Waals surface area contributed by atoms with E-state index >= 15 is 0 Å². The Balaban J connectivity index is 0.000000186. The zero-order valence-electron chi connectivity index (χ0n) is 26.5. The fraction of sp³-hybridized carbons (Fsp3) is 0. The number of benzene rings is 10. The van der Waals surface area contributed by atoms with Crippen molar-refractivity contribution in [1.82, 2.24) is 0 Å². The third-order valence-corrected chi connectivity index (χ3v) is 9.66. The molecule has 0 aliphatic carbocycles. The molecule has 0 heterocycles. The van der Waals surface area contributed by atoms with Crippen molar-refractivity contribution in [2.45, 2.75) is 0 Å². The summed E-state index contributed by atoms with van der Waals surface area (Å²) < 4.78 is 0. The molecule has 0 N–H and O–H groups in total. The third-order valence-electron chi connectivity index (χ3n) is 9.66. The van der Waals surface area contributed by atoms with Gasteiger partial charge in [0.05, 0.1) is 0 Å². The Bertz CT molecular complexity index is 2480. The standard InChI is InChI=1S/C34H22.C14H10/c1-3-15-25-23(11-1)13-9-21-27(25)33-29-17-5-7-19-31(29)34(32-20-8-6-18-30(32)33)28-22-10-14-24-12-2-4-16-26(24)28;1-2-6-12-10-14-8-4-3-7-13(14)9-11(12)5-1/h1-22H;1-10H. The smallest absolute Gasteiger partial charge is 0.00201 e. The number of rotatable bonds is 2. The molecule has 0 saturated heterocycles. The summed E-state index contributed by atoms with van der Waals surface area (Å²) in [6.07, 6.45) is 0. The molecule has 0 saturated carbocycles. The molecule has 0 amide bonds. The quantitative estimate of drug-likeness (QED) is 0.171. The molecule has 0 spiro atoms. The van der Waals surface area contributed by atoms with Crippen LogP contribution in [0.5, 0.6) is 0 Å². The molecule has 0 radical (unpaired) electrons. The van der Waals surface area contributed by atoms with Gasteiger partial charge in [-0.05, 0) is 99.0 Å². The average Bonchev–Trinajstić information content (AvgIpc) is 3.16. The lowest BCUT2D eigenvalue weighted by Gasteiger charge is -2.19. The summed E-state index contributed by atoms with van der Waals surface area (Å²) in [7, 11) is 0. The third kappa shape index (κ3) is 4.78. The number of hydrogen-bond acceptors (Lipinski definition) is 0. The monoisotopic (exact) mass is 608 g/mol. The van der Waals surface area contributed by atoms with E-state index in [1.165, 1.54) is 86.9 Å². The second kappa shape index (κ2) is 11.8. The van der Waals surface area contributed by atoms with Gasteiger partial charge in [0.15, 0.2) is 0 Å². The Morgan fingerprint density at radius 1 is 0.188 bits per heavy atom. The topological polar surface area (TPSA) is 0 Å². The molecule has 10 aromatic rings. The highest BCUT2D eigenvalue weighted by Gasteiger charge is 2.18. The van der Waals surface area contributed by atoms with Crippen molar-refractivity contribution in [1.29, 1.82) is 0 Å². The fourth-order valence-electron chi connectivity index (χ4n) is 7.48. The van der Waals surface area contributed by atoms with E-state index in [0.717, 1.165) is 0 Å². The van der Waals surface area contributed by atoms with E-state index in [4.69, 9.17) is 0 Å². The van der Waals surface area contributed by atoms with Gasteiger partial charge >= 0.3 is 0 Å². The van der Waals surface area contributed by atoms with Crippen LogP contribution in [0.4, 0.5) is 0 Å². The van der Waals surface area contributed by atoms with E-state index < -0.39 is 0 Å². The molecule has 0 aliphatic rings. The van der Waals surface area contributed by atoms with Crippen LogP contribution in [0.15, 0.2) is 194 Å². The highest BCUT2D eigenvalue weighted by Crippen LogP contribution is 2.46. The van der Waals surface area contributed by atoms with Crippen LogP contribution in [0.3, 0.4) is 0 Å². The largest absolute Gasteiger partial charge is 0.0616 e. The van der Waals surface area contributed by atoms with Crippen LogP contribution < -0.4 is 0 Å². The summed E-state index contributed by atoms with van der Waals surface area (Å²) in [6, 6.07) is 69.9. The Labute approximate surface area is 280 Å². The normalized spacial score (nSPS) is 11.3. The Morgan fingerprint density at radius 2 is 0.438 bits per heavy atom. The van der Waals surface area contributed by atoms with Crippen molar-refractivity contribution in [2.24, 2.45) is 0 Å². The summed E-state index contributed by atoms with van der Waals surface area (Å²) in [6.45, 7) is 0. The van der Waals surface area contributed by atoms with Gasteiger partial charge in [-0.1, -0.05) is 182 Å². The molecular weight excluding hydrogens is 577 g/mol. The second-order valence-corrected chi connectivity index (χ2v) is 12.4. The summed E-state index contributed by atoms with van der Waals surface area (Å²) >= 11 is 0. The number of hydrogen-bond donors (Lipinski definition) is 0. The summed E-state index contributed by atoms with van der Waals surface area (Å²) in [5, 5.41) is 15.5. The lowest BCUT2D eigenvalue weighted by molar-refractivity contribution is 1.68. The first-order chi connectivity index (χ1) is 23.8. The molecule has 0 atom stereocenters. The molecule has 0 aliphatic heterocycles. The van der Waals surface area contributed by atoms with Gasteiger partial charge < -0.3 is 0 Å². The van der Waals surface area contributed by atoms with E-state index in [2.05, 4.69) is 194 Å². The summed E-state index contributed by atoms with van der Waals surface area (Å²) in [4.78, 5) is 0. The maximum atomic E-state index is 2.29. The molecule has 10 aromatic carbocycles. The van der Waals surface area contributed by atoms with Crippen LogP contribution in [0.2, 0.25) is 0 Å². The van der Waals surface area contributed by atoms with E-state index in [0.29, 0.717) is 0 Å². The minimum Gasteiger partial charge on any atom is -0.0616 e. The van der Waals surface area contributed by atoms with Crippen molar-refractivity contribution >= 4 is 64.6 Å². The van der Waals surface area contributed by atoms with E-state index in [1.54, 1.807) is 0 Å². The fourth-order valence-corrected chi connectivity index (χ4v) is 7.48. The van der Waals surface area contributed by atoms with Crippen molar-refractivity contribution < 1.29 is 0 Å². The van der Waals surface area contributed by atoms with Gasteiger partial charge in [-0.2, -0.15) is 0 Å². The van der Waals surface area contributed by atoms with Gasteiger partial charge in [0.1, 0.15) is 0 Å². The van der Waals surface area contributed by atoms with Crippen molar-refractivity contribution in [3.63, 3.8) is 0 Å². The highest BCUT2D eigenvalue weighted by atomic mass is 14.2. The summed E-state index contributed by atoms with van der Waals surface area (Å²) in [5.74, 6) is 0. The van der Waals surface area contributed by atoms with Crippen LogP contribution in [0, 0.1) is 0 Å². The molecule has 0 unspecified atom stereocenters. The molecule has 0 aromatic heterocycles. The van der Waals surface area contributed by atoms with Crippen LogP contribution in [-0.2, 0) is 0 Å². The average molecular weight is 609 g/mol. The molecule has 10 rings (SSSR count). The van der Waals surface area contributed by atoms with Gasteiger partial charge in [0.25, 0.3) is 0 Å². The Hall–Kier alpha value is -6.24. The molecule has 48 heavy (non-hydrogen) atoms. The molecule has 0 fully saturated rings. The van der Waals surface area contributed by atoms with Gasteiger partial charge in [-0.25, -0.2) is 0 Å². The second-order valence-electron chi connectivity index (χ2n) is 12.4. The van der Waals surface area contributed by atoms with E-state index in [9.17, 15) is 0 Å². The van der Waals surface area contributed by atoms with Crippen molar-refractivity contribution in [2.75, 3.05) is 0 Å². The zero-order chi connectivity index (χ0) is 31.9. The zero-order valence-corrected chi connectivity index (χ0v) is 26.5. The molecular formula is C48H32. The van der Waals surface area contributed by atoms with Crippen LogP contribution in [0.25, 0.3) is 86.9 Å². The van der Waals surface area contributed by atoms with Crippen LogP contribution in [0.1, 0.15) is 0 Å². The first kappa shape index (κ1) is 28.0. The highest BCUT2D eigenvalue weighted by molar-refractivity contribution is 6.25. The Kier molecular flexibility index (Phi) is 6.91. The molecule has 0 nitrogen and oxygen atoms in total. The van der Waals surface area contributed by atoms with E-state index in [1.807, 2.05) is 0 Å². The van der Waals surface area contributed by atoms with Crippen molar-refractivity contribution in [3.05, 3.63) is 194 Å².